The Morgan fingerprint density at radius 1 is 1.29 bits per heavy atom. The molecule has 1 aromatic carbocycles. The number of anilines is 1. The van der Waals surface area contributed by atoms with E-state index in [2.05, 4.69) is 31.3 Å². The summed E-state index contributed by atoms with van der Waals surface area (Å²) < 4.78 is 0. The molecule has 0 spiro atoms. The average Bonchev–Trinajstić information content (AvgIpc) is 3.33. The molecule has 4 N–H and O–H groups in total. The smallest absolute Gasteiger partial charge is 0.259 e. The van der Waals surface area contributed by atoms with Gasteiger partial charge in [0.2, 0.25) is 0 Å². The van der Waals surface area contributed by atoms with Gasteiger partial charge in [-0.1, -0.05) is 24.3 Å². The third kappa shape index (κ3) is 2.92. The molecular formula is C19H19N7OS. The second-order valence-corrected chi connectivity index (χ2v) is 7.98. The summed E-state index contributed by atoms with van der Waals surface area (Å²) in [6.07, 6.45) is 5.69. The maximum absolute atomic E-state index is 12.9. The first-order valence-corrected chi connectivity index (χ1v) is 10.1. The Hall–Kier alpha value is -2.91. The summed E-state index contributed by atoms with van der Waals surface area (Å²) in [4.78, 5) is 31.3. The lowest BCUT2D eigenvalue weighted by atomic mass is 10.1. The van der Waals surface area contributed by atoms with Gasteiger partial charge >= 0.3 is 0 Å². The summed E-state index contributed by atoms with van der Waals surface area (Å²) in [6, 6.07) is 7.82. The molecule has 8 nitrogen and oxygen atoms in total. The van der Waals surface area contributed by atoms with Gasteiger partial charge in [-0.15, -0.1) is 11.8 Å². The first-order valence-electron chi connectivity index (χ1n) is 9.10. The molecule has 1 aliphatic heterocycles. The van der Waals surface area contributed by atoms with E-state index in [1.807, 2.05) is 29.3 Å². The Kier molecular flexibility index (Phi) is 4.25. The van der Waals surface area contributed by atoms with Gasteiger partial charge < -0.3 is 20.9 Å². The van der Waals surface area contributed by atoms with Gasteiger partial charge in [0, 0.05) is 18.5 Å². The number of aromatic amines is 1. The van der Waals surface area contributed by atoms with Crippen molar-refractivity contribution in [2.24, 2.45) is 5.73 Å². The summed E-state index contributed by atoms with van der Waals surface area (Å²) in [7, 11) is 0. The normalized spacial score (nSPS) is 21.5. The van der Waals surface area contributed by atoms with Crippen molar-refractivity contribution in [2.75, 3.05) is 17.2 Å². The van der Waals surface area contributed by atoms with Crippen LogP contribution in [0.3, 0.4) is 0 Å². The summed E-state index contributed by atoms with van der Waals surface area (Å²) in [6.45, 7) is 0.751. The van der Waals surface area contributed by atoms with Crippen molar-refractivity contribution in [3.05, 3.63) is 59.2 Å². The number of nitrogens with zero attached hydrogens (tertiary/aromatic N) is 4. The fourth-order valence-corrected chi connectivity index (χ4v) is 4.66. The molecule has 0 bridgehead atoms. The average molecular weight is 393 g/mol. The van der Waals surface area contributed by atoms with Crippen LogP contribution in [0.25, 0.3) is 11.2 Å². The van der Waals surface area contributed by atoms with Crippen LogP contribution in [0.15, 0.2) is 48.0 Å². The van der Waals surface area contributed by atoms with Crippen molar-refractivity contribution in [2.45, 2.75) is 18.5 Å². The number of benzene rings is 1. The van der Waals surface area contributed by atoms with Gasteiger partial charge in [-0.05, 0) is 17.5 Å². The highest BCUT2D eigenvalue weighted by Gasteiger charge is 2.31. The number of nitrogens with two attached hydrogens (primary N) is 1. The predicted molar refractivity (Wildman–Crippen MR) is 109 cm³/mol. The molecule has 3 heterocycles. The standard InChI is InChI=1S/C19H19N7OS/c20-15-12-4-2-1-3-11(12)7-13(15)25-19(27)14-8-26(5-6-28-14)18-16-17(22-9-21-16)23-10-24-18/h1-4,8-10,13,15H,5-7,20H2,(H,25,27)(H,21,22,23,24)/t13-,15+/m1/s1. The molecule has 3 aromatic rings. The first kappa shape index (κ1) is 17.2. The molecule has 2 atom stereocenters. The number of hydrogen-bond acceptors (Lipinski definition) is 7. The Balaban J connectivity index is 1.36. The third-order valence-corrected chi connectivity index (χ3v) is 6.15. The maximum Gasteiger partial charge on any atom is 0.259 e. The molecule has 2 aliphatic rings. The van der Waals surface area contributed by atoms with E-state index in [1.54, 1.807) is 18.1 Å². The number of thioether (sulfide) groups is 1. The highest BCUT2D eigenvalue weighted by Crippen LogP contribution is 2.31. The second-order valence-electron chi connectivity index (χ2n) is 6.84. The molecule has 2 aromatic heterocycles. The van der Waals surface area contributed by atoms with Crippen LogP contribution >= 0.6 is 11.8 Å². The first-order chi connectivity index (χ1) is 13.7. The predicted octanol–water partition coefficient (Wildman–Crippen LogP) is 1.49. The Bertz CT molecular complexity index is 1080. The van der Waals surface area contributed by atoms with Crippen LogP contribution in [0.1, 0.15) is 17.2 Å². The van der Waals surface area contributed by atoms with Crippen LogP contribution in [0.2, 0.25) is 0 Å². The van der Waals surface area contributed by atoms with E-state index in [-0.39, 0.29) is 18.0 Å². The van der Waals surface area contributed by atoms with Gasteiger partial charge in [-0.2, -0.15) is 0 Å². The van der Waals surface area contributed by atoms with Gasteiger partial charge in [-0.3, -0.25) is 4.79 Å². The Labute approximate surface area is 165 Å². The minimum absolute atomic E-state index is 0.0971. The van der Waals surface area contributed by atoms with Gasteiger partial charge in [0.1, 0.15) is 11.8 Å². The summed E-state index contributed by atoms with van der Waals surface area (Å²) >= 11 is 1.54. The van der Waals surface area contributed by atoms with Crippen molar-refractivity contribution in [3.63, 3.8) is 0 Å². The van der Waals surface area contributed by atoms with Crippen molar-refractivity contribution in [1.82, 2.24) is 25.3 Å². The molecule has 142 valence electrons. The molecule has 0 fully saturated rings. The molecule has 0 saturated carbocycles. The molecule has 1 aliphatic carbocycles. The molecule has 0 radical (unpaired) electrons. The number of rotatable bonds is 3. The number of aromatic nitrogens is 4. The fraction of sp³-hybridized carbons (Fsp3) is 0.263. The zero-order valence-electron chi connectivity index (χ0n) is 15.0. The molecule has 28 heavy (non-hydrogen) atoms. The van der Waals surface area contributed by atoms with E-state index in [1.165, 1.54) is 11.9 Å². The topological polar surface area (TPSA) is 113 Å². The number of carbonyl (C=O) groups excluding carboxylic acids is 1. The molecule has 9 heteroatoms. The lowest BCUT2D eigenvalue weighted by Crippen LogP contribution is -2.42. The minimum atomic E-state index is -0.183. The number of amides is 1. The Morgan fingerprint density at radius 2 is 2.18 bits per heavy atom. The number of carbonyl (C=O) groups is 1. The number of hydrogen-bond donors (Lipinski definition) is 3. The summed E-state index contributed by atoms with van der Waals surface area (Å²) in [5.41, 5.74) is 10.0. The lowest BCUT2D eigenvalue weighted by molar-refractivity contribution is -0.117. The number of H-pyrrole nitrogens is 1. The van der Waals surface area contributed by atoms with Crippen molar-refractivity contribution >= 4 is 34.7 Å². The second kappa shape index (κ2) is 6.92. The van der Waals surface area contributed by atoms with E-state index in [0.29, 0.717) is 10.6 Å². The Morgan fingerprint density at radius 3 is 3.07 bits per heavy atom. The van der Waals surface area contributed by atoms with E-state index in [9.17, 15) is 4.79 Å². The van der Waals surface area contributed by atoms with Crippen molar-refractivity contribution in [1.29, 1.82) is 0 Å². The van der Waals surface area contributed by atoms with Crippen LogP contribution in [-0.4, -0.2) is 44.2 Å². The van der Waals surface area contributed by atoms with Crippen LogP contribution in [0, 0.1) is 0 Å². The largest absolute Gasteiger partial charge is 0.347 e. The van der Waals surface area contributed by atoms with E-state index in [0.717, 1.165) is 35.6 Å². The highest BCUT2D eigenvalue weighted by molar-refractivity contribution is 8.04. The molecule has 0 saturated heterocycles. The van der Waals surface area contributed by atoms with Gasteiger partial charge in [0.15, 0.2) is 11.5 Å². The highest BCUT2D eigenvalue weighted by atomic mass is 32.2. The number of nitrogens with one attached hydrogen (secondary N) is 2. The fourth-order valence-electron chi connectivity index (χ4n) is 3.76. The summed E-state index contributed by atoms with van der Waals surface area (Å²) in [5, 5.41) is 3.12. The zero-order chi connectivity index (χ0) is 19.1. The molecule has 5 rings (SSSR count). The minimum Gasteiger partial charge on any atom is -0.347 e. The van der Waals surface area contributed by atoms with E-state index < -0.39 is 0 Å². The quantitative estimate of drug-likeness (QED) is 0.618. The van der Waals surface area contributed by atoms with Crippen LogP contribution in [0.4, 0.5) is 5.82 Å². The molecule has 1 amide bonds. The number of fused-ring (bicyclic) bond motifs is 2. The molecule has 0 unspecified atom stereocenters. The monoisotopic (exact) mass is 393 g/mol. The summed E-state index contributed by atoms with van der Waals surface area (Å²) in [5.74, 6) is 1.41. The van der Waals surface area contributed by atoms with Crippen LogP contribution < -0.4 is 16.0 Å². The SMILES string of the molecule is N[C@H]1c2ccccc2C[C@H]1NC(=O)C1=CN(c2ncnc3nc[nH]c23)CCS1. The maximum atomic E-state index is 12.9. The molecular weight excluding hydrogens is 374 g/mol. The van der Waals surface area contributed by atoms with Gasteiger partial charge in [0.25, 0.3) is 5.91 Å². The van der Waals surface area contributed by atoms with Crippen LogP contribution in [-0.2, 0) is 11.2 Å². The van der Waals surface area contributed by atoms with E-state index in [4.69, 9.17) is 5.73 Å². The van der Waals surface area contributed by atoms with E-state index >= 15 is 0 Å². The van der Waals surface area contributed by atoms with Gasteiger partial charge in [0.05, 0.1) is 23.3 Å². The van der Waals surface area contributed by atoms with Crippen LogP contribution in [0.5, 0.6) is 0 Å². The zero-order valence-corrected chi connectivity index (χ0v) is 15.8. The number of imidazole rings is 1. The lowest BCUT2D eigenvalue weighted by Gasteiger charge is -2.26. The van der Waals surface area contributed by atoms with Gasteiger partial charge in [-0.25, -0.2) is 15.0 Å². The van der Waals surface area contributed by atoms with Crippen molar-refractivity contribution in [3.8, 4) is 0 Å². The third-order valence-electron chi connectivity index (χ3n) is 5.17. The van der Waals surface area contributed by atoms with Crippen molar-refractivity contribution < 1.29 is 4.79 Å².